The molecule has 3 rings (SSSR count). The van der Waals surface area contributed by atoms with Gasteiger partial charge in [0.2, 0.25) is 5.91 Å². The molecule has 1 fully saturated rings. The van der Waals surface area contributed by atoms with E-state index in [1.807, 2.05) is 18.2 Å². The summed E-state index contributed by atoms with van der Waals surface area (Å²) in [5, 5.41) is 2.82. The van der Waals surface area contributed by atoms with E-state index in [0.717, 1.165) is 36.8 Å². The van der Waals surface area contributed by atoms with Gasteiger partial charge >= 0.3 is 0 Å². The molecule has 1 amide bonds. The number of nitrogens with zero attached hydrogens (tertiary/aromatic N) is 2. The highest BCUT2D eigenvalue weighted by molar-refractivity contribution is 9.10. The molecule has 2 aromatic rings. The fraction of sp³-hybridized carbons (Fsp3) is 0.368. The van der Waals surface area contributed by atoms with Gasteiger partial charge in [0.15, 0.2) is 0 Å². The van der Waals surface area contributed by atoms with Gasteiger partial charge in [0.1, 0.15) is 11.6 Å². The number of halogens is 2. The lowest BCUT2D eigenvalue weighted by Crippen LogP contribution is -2.39. The van der Waals surface area contributed by atoms with Crippen molar-refractivity contribution in [2.75, 3.05) is 25.0 Å². The number of nitrogens with one attached hydrogen (secondary N) is 1. The highest BCUT2D eigenvalue weighted by atomic mass is 79.9. The first-order chi connectivity index (χ1) is 12.1. The Hall–Kier alpha value is -1.79. The number of likely N-dealkylation sites (tertiary alicyclic amines) is 1. The Balaban J connectivity index is 1.42. The van der Waals surface area contributed by atoms with Crippen LogP contribution in [0, 0.1) is 11.7 Å². The first kappa shape index (κ1) is 18.0. The van der Waals surface area contributed by atoms with E-state index in [9.17, 15) is 9.18 Å². The van der Waals surface area contributed by atoms with Crippen LogP contribution in [-0.4, -0.2) is 35.4 Å². The van der Waals surface area contributed by atoms with Crippen molar-refractivity contribution in [3.63, 3.8) is 0 Å². The Kier molecular flexibility index (Phi) is 6.15. The SMILES string of the molecule is O=C(CN1CCC(Cc2ccc(F)cc2)CC1)Nc1ccc(Br)cn1. The van der Waals surface area contributed by atoms with Gasteiger partial charge in [-0.05, 0) is 84.0 Å². The molecule has 0 unspecified atom stereocenters. The van der Waals surface area contributed by atoms with Crippen LogP contribution in [0.2, 0.25) is 0 Å². The first-order valence-electron chi connectivity index (χ1n) is 8.47. The van der Waals surface area contributed by atoms with Crippen molar-refractivity contribution >= 4 is 27.7 Å². The lowest BCUT2D eigenvalue weighted by molar-refractivity contribution is -0.117. The maximum atomic E-state index is 13.0. The second kappa shape index (κ2) is 8.54. The first-order valence-corrected chi connectivity index (χ1v) is 9.26. The van der Waals surface area contributed by atoms with Gasteiger partial charge in [0.05, 0.1) is 6.54 Å². The number of hydrogen-bond donors (Lipinski definition) is 1. The minimum Gasteiger partial charge on any atom is -0.310 e. The number of benzene rings is 1. The van der Waals surface area contributed by atoms with E-state index in [4.69, 9.17) is 0 Å². The number of anilines is 1. The molecule has 0 aliphatic carbocycles. The van der Waals surface area contributed by atoms with Crippen LogP contribution >= 0.6 is 15.9 Å². The van der Waals surface area contributed by atoms with Crippen LogP contribution in [0.1, 0.15) is 18.4 Å². The Bertz CT molecular complexity index is 698. The maximum Gasteiger partial charge on any atom is 0.239 e. The van der Waals surface area contributed by atoms with Crippen molar-refractivity contribution < 1.29 is 9.18 Å². The van der Waals surface area contributed by atoms with Gasteiger partial charge in [0, 0.05) is 10.7 Å². The number of amides is 1. The molecule has 0 spiro atoms. The third-order valence-corrected chi connectivity index (χ3v) is 4.98. The number of piperidine rings is 1. The smallest absolute Gasteiger partial charge is 0.239 e. The molecule has 0 radical (unpaired) electrons. The topological polar surface area (TPSA) is 45.2 Å². The minimum atomic E-state index is -0.190. The van der Waals surface area contributed by atoms with Crippen LogP contribution in [-0.2, 0) is 11.2 Å². The van der Waals surface area contributed by atoms with E-state index in [1.165, 1.54) is 17.7 Å². The van der Waals surface area contributed by atoms with Crippen molar-refractivity contribution in [2.24, 2.45) is 5.92 Å². The molecule has 132 valence electrons. The third-order valence-electron chi connectivity index (χ3n) is 4.51. The summed E-state index contributed by atoms with van der Waals surface area (Å²) in [4.78, 5) is 18.5. The van der Waals surface area contributed by atoms with Gasteiger partial charge in [0.25, 0.3) is 0 Å². The molecule has 1 aromatic carbocycles. The van der Waals surface area contributed by atoms with E-state index in [0.29, 0.717) is 18.3 Å². The monoisotopic (exact) mass is 405 g/mol. The van der Waals surface area contributed by atoms with Gasteiger partial charge in [-0.2, -0.15) is 0 Å². The summed E-state index contributed by atoms with van der Waals surface area (Å²) in [7, 11) is 0. The van der Waals surface area contributed by atoms with E-state index in [2.05, 4.69) is 31.1 Å². The van der Waals surface area contributed by atoms with Crippen LogP contribution in [0.5, 0.6) is 0 Å². The Morgan fingerprint density at radius 2 is 1.92 bits per heavy atom. The van der Waals surface area contributed by atoms with Gasteiger partial charge in [-0.15, -0.1) is 0 Å². The molecular weight excluding hydrogens is 385 g/mol. The van der Waals surface area contributed by atoms with Crippen molar-refractivity contribution in [2.45, 2.75) is 19.3 Å². The zero-order chi connectivity index (χ0) is 17.6. The summed E-state index contributed by atoms with van der Waals surface area (Å²) in [5.74, 6) is 0.939. The van der Waals surface area contributed by atoms with Crippen molar-refractivity contribution in [3.8, 4) is 0 Å². The zero-order valence-electron chi connectivity index (χ0n) is 13.9. The zero-order valence-corrected chi connectivity index (χ0v) is 15.5. The standard InChI is InChI=1S/C19H21BrFN3O/c20-16-3-6-18(22-12-16)23-19(25)13-24-9-7-15(8-10-24)11-14-1-4-17(21)5-2-14/h1-6,12,15H,7-11,13H2,(H,22,23,25). The number of rotatable bonds is 5. The van der Waals surface area contributed by atoms with E-state index in [-0.39, 0.29) is 11.7 Å². The summed E-state index contributed by atoms with van der Waals surface area (Å²) < 4.78 is 13.8. The quantitative estimate of drug-likeness (QED) is 0.820. The number of carbonyl (C=O) groups is 1. The van der Waals surface area contributed by atoms with E-state index < -0.39 is 0 Å². The molecule has 4 nitrogen and oxygen atoms in total. The number of pyridine rings is 1. The molecule has 1 aliphatic heterocycles. The fourth-order valence-electron chi connectivity index (χ4n) is 3.14. The molecule has 2 heterocycles. The highest BCUT2D eigenvalue weighted by Crippen LogP contribution is 2.22. The number of aromatic nitrogens is 1. The third kappa shape index (κ3) is 5.61. The molecule has 0 atom stereocenters. The highest BCUT2D eigenvalue weighted by Gasteiger charge is 2.21. The summed E-state index contributed by atoms with van der Waals surface area (Å²) in [6, 6.07) is 10.4. The molecule has 1 N–H and O–H groups in total. The van der Waals surface area contributed by atoms with Crippen molar-refractivity contribution in [3.05, 3.63) is 58.4 Å². The average molecular weight is 406 g/mol. The van der Waals surface area contributed by atoms with Crippen molar-refractivity contribution in [1.29, 1.82) is 0 Å². The Morgan fingerprint density at radius 3 is 2.56 bits per heavy atom. The van der Waals surface area contributed by atoms with Gasteiger partial charge < -0.3 is 5.32 Å². The largest absolute Gasteiger partial charge is 0.310 e. The molecule has 1 saturated heterocycles. The summed E-state index contributed by atoms with van der Waals surface area (Å²) in [6.45, 7) is 2.21. The summed E-state index contributed by atoms with van der Waals surface area (Å²) in [5.41, 5.74) is 1.18. The molecule has 0 bridgehead atoms. The maximum absolute atomic E-state index is 13.0. The van der Waals surface area contributed by atoms with Crippen LogP contribution in [0.15, 0.2) is 47.1 Å². The molecule has 1 aromatic heterocycles. The van der Waals surface area contributed by atoms with Crippen molar-refractivity contribution in [1.82, 2.24) is 9.88 Å². The average Bonchev–Trinajstić information content (AvgIpc) is 2.61. The molecule has 1 aliphatic rings. The van der Waals surface area contributed by atoms with Gasteiger partial charge in [-0.1, -0.05) is 12.1 Å². The molecule has 6 heteroatoms. The van der Waals surface area contributed by atoms with Crippen LogP contribution in [0.25, 0.3) is 0 Å². The summed E-state index contributed by atoms with van der Waals surface area (Å²) >= 11 is 3.32. The van der Waals surface area contributed by atoms with E-state index >= 15 is 0 Å². The van der Waals surface area contributed by atoms with E-state index in [1.54, 1.807) is 12.3 Å². The normalized spacial score (nSPS) is 15.9. The van der Waals surface area contributed by atoms with Crippen LogP contribution in [0.4, 0.5) is 10.2 Å². The lowest BCUT2D eigenvalue weighted by Gasteiger charge is -2.31. The van der Waals surface area contributed by atoms with Gasteiger partial charge in [-0.3, -0.25) is 9.69 Å². The van der Waals surface area contributed by atoms with Gasteiger partial charge in [-0.25, -0.2) is 9.37 Å². The predicted molar refractivity (Wildman–Crippen MR) is 99.8 cm³/mol. The van der Waals surface area contributed by atoms with Crippen LogP contribution < -0.4 is 5.32 Å². The van der Waals surface area contributed by atoms with Crippen LogP contribution in [0.3, 0.4) is 0 Å². The predicted octanol–water partition coefficient (Wildman–Crippen LogP) is 3.88. The minimum absolute atomic E-state index is 0.0354. The second-order valence-electron chi connectivity index (χ2n) is 6.46. The molecular formula is C19H21BrFN3O. The second-order valence-corrected chi connectivity index (χ2v) is 7.38. The molecule has 0 saturated carbocycles. The molecule has 25 heavy (non-hydrogen) atoms. The Labute approximate surface area is 155 Å². The Morgan fingerprint density at radius 1 is 1.20 bits per heavy atom. The number of hydrogen-bond acceptors (Lipinski definition) is 3. The summed E-state index contributed by atoms with van der Waals surface area (Å²) in [6.07, 6.45) is 4.75. The number of carbonyl (C=O) groups excluding carboxylic acids is 1. The lowest BCUT2D eigenvalue weighted by atomic mass is 9.90. The fourth-order valence-corrected chi connectivity index (χ4v) is 3.37.